The number of carbonyl (C=O) groups excluding carboxylic acids is 1. The van der Waals surface area contributed by atoms with Crippen molar-refractivity contribution >= 4 is 12.1 Å². The summed E-state index contributed by atoms with van der Waals surface area (Å²) in [7, 11) is 0. The highest BCUT2D eigenvalue weighted by atomic mass is 16.6. The number of carboxylic acids is 1. The van der Waals surface area contributed by atoms with Crippen molar-refractivity contribution in [1.82, 2.24) is 4.90 Å². The van der Waals surface area contributed by atoms with Crippen LogP contribution in [0.25, 0.3) is 0 Å². The molecule has 5 nitrogen and oxygen atoms in total. The second kappa shape index (κ2) is 5.16. The standard InChI is InChI=1S/C13H21NO4/c1-2-3-8-18-12(17)14-6-4-13(5-7-14)9-10(13)11(15)16/h10H,2-9H2,1H3,(H,15,16). The molecular weight excluding hydrogens is 234 g/mol. The summed E-state index contributed by atoms with van der Waals surface area (Å²) in [6.07, 6.45) is 4.04. The number of carboxylic acid groups (broad SMARTS) is 1. The number of piperidine rings is 1. The largest absolute Gasteiger partial charge is 0.481 e. The molecule has 1 N–H and O–H groups in total. The lowest BCUT2D eigenvalue weighted by molar-refractivity contribution is -0.139. The van der Waals surface area contributed by atoms with Gasteiger partial charge in [0.25, 0.3) is 0 Å². The maximum atomic E-state index is 11.7. The van der Waals surface area contributed by atoms with Gasteiger partial charge in [-0.2, -0.15) is 0 Å². The SMILES string of the molecule is CCCCOC(=O)N1CCC2(CC1)CC2C(=O)O. The fourth-order valence-electron chi connectivity index (χ4n) is 2.78. The number of carbonyl (C=O) groups is 2. The average Bonchev–Trinajstić information content (AvgIpc) is 3.05. The molecule has 1 aliphatic carbocycles. The Hall–Kier alpha value is -1.26. The summed E-state index contributed by atoms with van der Waals surface area (Å²) in [6, 6.07) is 0. The van der Waals surface area contributed by atoms with Crippen molar-refractivity contribution in [2.45, 2.75) is 39.0 Å². The molecule has 1 heterocycles. The van der Waals surface area contributed by atoms with Crippen LogP contribution in [0.1, 0.15) is 39.0 Å². The van der Waals surface area contributed by atoms with E-state index in [0.717, 1.165) is 32.1 Å². The van der Waals surface area contributed by atoms with Crippen molar-refractivity contribution in [2.75, 3.05) is 19.7 Å². The predicted octanol–water partition coefficient (Wildman–Crippen LogP) is 2.11. The van der Waals surface area contributed by atoms with Crippen LogP contribution in [-0.4, -0.2) is 41.8 Å². The molecule has 2 rings (SSSR count). The molecule has 18 heavy (non-hydrogen) atoms. The summed E-state index contributed by atoms with van der Waals surface area (Å²) < 4.78 is 5.16. The predicted molar refractivity (Wildman–Crippen MR) is 65.2 cm³/mol. The number of nitrogens with zero attached hydrogens (tertiary/aromatic N) is 1. The number of hydrogen-bond donors (Lipinski definition) is 1. The normalized spacial score (nSPS) is 24.9. The number of rotatable bonds is 4. The van der Waals surface area contributed by atoms with E-state index in [4.69, 9.17) is 9.84 Å². The van der Waals surface area contributed by atoms with Gasteiger partial charge in [0, 0.05) is 13.1 Å². The molecule has 1 spiro atoms. The van der Waals surface area contributed by atoms with Crippen molar-refractivity contribution in [3.05, 3.63) is 0 Å². The maximum Gasteiger partial charge on any atom is 0.409 e. The highest BCUT2D eigenvalue weighted by Crippen LogP contribution is 2.59. The lowest BCUT2D eigenvalue weighted by Gasteiger charge is -2.31. The quantitative estimate of drug-likeness (QED) is 0.781. The van der Waals surface area contributed by atoms with Crippen LogP contribution in [-0.2, 0) is 9.53 Å². The summed E-state index contributed by atoms with van der Waals surface area (Å²) >= 11 is 0. The molecular formula is C13H21NO4. The zero-order chi connectivity index (χ0) is 13.2. The van der Waals surface area contributed by atoms with E-state index in [-0.39, 0.29) is 17.4 Å². The summed E-state index contributed by atoms with van der Waals surface area (Å²) in [5.41, 5.74) is -0.0218. The average molecular weight is 255 g/mol. The van der Waals surface area contributed by atoms with Gasteiger partial charge in [0.1, 0.15) is 0 Å². The molecule has 1 unspecified atom stereocenters. The third-order valence-electron chi connectivity index (χ3n) is 4.23. The number of likely N-dealkylation sites (tertiary alicyclic amines) is 1. The van der Waals surface area contributed by atoms with Crippen molar-refractivity contribution in [3.8, 4) is 0 Å². The third-order valence-corrected chi connectivity index (χ3v) is 4.23. The molecule has 1 aliphatic heterocycles. The Morgan fingerprint density at radius 1 is 1.39 bits per heavy atom. The van der Waals surface area contributed by atoms with E-state index in [2.05, 4.69) is 6.92 Å². The molecule has 0 bridgehead atoms. The number of ether oxygens (including phenoxy) is 1. The van der Waals surface area contributed by atoms with Gasteiger partial charge in [0.05, 0.1) is 12.5 Å². The van der Waals surface area contributed by atoms with E-state index < -0.39 is 5.97 Å². The van der Waals surface area contributed by atoms with Gasteiger partial charge in [0.2, 0.25) is 0 Å². The Labute approximate surface area is 107 Å². The van der Waals surface area contributed by atoms with Crippen molar-refractivity contribution in [1.29, 1.82) is 0 Å². The van der Waals surface area contributed by atoms with E-state index in [1.54, 1.807) is 4.90 Å². The first-order valence-corrected chi connectivity index (χ1v) is 6.73. The number of hydrogen-bond acceptors (Lipinski definition) is 3. The lowest BCUT2D eigenvalue weighted by atomic mass is 9.91. The lowest BCUT2D eigenvalue weighted by Crippen LogP contribution is -2.40. The van der Waals surface area contributed by atoms with Crippen LogP contribution in [0.5, 0.6) is 0 Å². The summed E-state index contributed by atoms with van der Waals surface area (Å²) in [5.74, 6) is -0.871. The Balaban J connectivity index is 1.74. The molecule has 102 valence electrons. The van der Waals surface area contributed by atoms with E-state index in [1.807, 2.05) is 0 Å². The number of unbranched alkanes of at least 4 members (excludes halogenated alkanes) is 1. The molecule has 0 aromatic rings. The van der Waals surface area contributed by atoms with E-state index >= 15 is 0 Å². The van der Waals surface area contributed by atoms with Crippen molar-refractivity contribution in [3.63, 3.8) is 0 Å². The van der Waals surface area contributed by atoms with Gasteiger partial charge in [-0.25, -0.2) is 4.79 Å². The molecule has 0 aromatic heterocycles. The minimum atomic E-state index is -0.686. The van der Waals surface area contributed by atoms with Crippen LogP contribution in [0.15, 0.2) is 0 Å². The fraction of sp³-hybridized carbons (Fsp3) is 0.846. The topological polar surface area (TPSA) is 66.8 Å². The van der Waals surface area contributed by atoms with Crippen LogP contribution in [0.3, 0.4) is 0 Å². The summed E-state index contributed by atoms with van der Waals surface area (Å²) in [4.78, 5) is 24.3. The third kappa shape index (κ3) is 2.60. The van der Waals surface area contributed by atoms with Crippen LogP contribution in [0, 0.1) is 11.3 Å². The number of aliphatic carboxylic acids is 1. The van der Waals surface area contributed by atoms with Crippen LogP contribution in [0.2, 0.25) is 0 Å². The Morgan fingerprint density at radius 2 is 2.06 bits per heavy atom. The number of amides is 1. The minimum absolute atomic E-state index is 0.0218. The van der Waals surface area contributed by atoms with E-state index in [0.29, 0.717) is 19.7 Å². The second-order valence-corrected chi connectivity index (χ2v) is 5.41. The first-order chi connectivity index (χ1) is 8.59. The fourth-order valence-corrected chi connectivity index (χ4v) is 2.78. The van der Waals surface area contributed by atoms with Gasteiger partial charge in [-0.3, -0.25) is 4.79 Å². The molecule has 0 radical (unpaired) electrons. The van der Waals surface area contributed by atoms with Crippen molar-refractivity contribution < 1.29 is 19.4 Å². The molecule has 2 aliphatic rings. The highest BCUT2D eigenvalue weighted by Gasteiger charge is 2.59. The van der Waals surface area contributed by atoms with Gasteiger partial charge < -0.3 is 14.7 Å². The molecule has 1 amide bonds. The molecule has 1 atom stereocenters. The van der Waals surface area contributed by atoms with Crippen molar-refractivity contribution in [2.24, 2.45) is 11.3 Å². The molecule has 0 aromatic carbocycles. The van der Waals surface area contributed by atoms with Crippen LogP contribution in [0.4, 0.5) is 4.79 Å². The summed E-state index contributed by atoms with van der Waals surface area (Å²) in [5, 5.41) is 8.98. The summed E-state index contributed by atoms with van der Waals surface area (Å²) in [6.45, 7) is 3.80. The zero-order valence-corrected chi connectivity index (χ0v) is 10.9. The van der Waals surface area contributed by atoms with E-state index in [9.17, 15) is 9.59 Å². The van der Waals surface area contributed by atoms with Gasteiger partial charge >= 0.3 is 12.1 Å². The maximum absolute atomic E-state index is 11.7. The Kier molecular flexibility index (Phi) is 3.78. The molecule has 1 saturated carbocycles. The zero-order valence-electron chi connectivity index (χ0n) is 10.9. The van der Waals surface area contributed by atoms with Crippen LogP contribution < -0.4 is 0 Å². The molecule has 1 saturated heterocycles. The first-order valence-electron chi connectivity index (χ1n) is 6.73. The second-order valence-electron chi connectivity index (χ2n) is 5.41. The van der Waals surface area contributed by atoms with Gasteiger partial charge in [-0.05, 0) is 31.1 Å². The van der Waals surface area contributed by atoms with Gasteiger partial charge in [-0.1, -0.05) is 13.3 Å². The van der Waals surface area contributed by atoms with Gasteiger partial charge in [0.15, 0.2) is 0 Å². The molecule has 2 fully saturated rings. The Bertz CT molecular complexity index is 334. The van der Waals surface area contributed by atoms with E-state index in [1.165, 1.54) is 0 Å². The minimum Gasteiger partial charge on any atom is -0.481 e. The first kappa shape index (κ1) is 13.2. The smallest absolute Gasteiger partial charge is 0.409 e. The Morgan fingerprint density at radius 3 is 2.56 bits per heavy atom. The highest BCUT2D eigenvalue weighted by molar-refractivity contribution is 5.75. The molecule has 5 heteroatoms. The monoisotopic (exact) mass is 255 g/mol. The van der Waals surface area contributed by atoms with Gasteiger partial charge in [-0.15, -0.1) is 0 Å². The van der Waals surface area contributed by atoms with Crippen LogP contribution >= 0.6 is 0 Å².